The quantitative estimate of drug-likeness (QED) is 0.746. The van der Waals surface area contributed by atoms with Crippen molar-refractivity contribution in [3.05, 3.63) is 0 Å². The third kappa shape index (κ3) is 6.00. The van der Waals surface area contributed by atoms with Gasteiger partial charge in [0.05, 0.1) is 6.54 Å². The Kier molecular flexibility index (Phi) is 6.72. The van der Waals surface area contributed by atoms with E-state index in [9.17, 15) is 9.59 Å². The van der Waals surface area contributed by atoms with Gasteiger partial charge in [0.1, 0.15) is 0 Å². The summed E-state index contributed by atoms with van der Waals surface area (Å²) in [6.07, 6.45) is 2.35. The van der Waals surface area contributed by atoms with Gasteiger partial charge in [0, 0.05) is 26.1 Å². The molecule has 104 valence electrons. The van der Waals surface area contributed by atoms with E-state index in [1.54, 1.807) is 0 Å². The molecule has 1 saturated heterocycles. The minimum absolute atomic E-state index is 0.0232. The van der Waals surface area contributed by atoms with Gasteiger partial charge in [-0.2, -0.15) is 0 Å². The van der Waals surface area contributed by atoms with Crippen LogP contribution >= 0.6 is 0 Å². The van der Waals surface area contributed by atoms with Gasteiger partial charge in [-0.05, 0) is 25.3 Å². The molecule has 0 radical (unpaired) electrons. The molecule has 0 aromatic heterocycles. The zero-order valence-corrected chi connectivity index (χ0v) is 11.5. The highest BCUT2D eigenvalue weighted by Gasteiger charge is 2.15. The lowest BCUT2D eigenvalue weighted by molar-refractivity contribution is -0.132. The SMILES string of the molecule is CC(C)CCC(=O)NCC(=O)N1CCCNCC1. The summed E-state index contributed by atoms with van der Waals surface area (Å²) in [6, 6.07) is 0. The molecule has 0 spiro atoms. The number of rotatable bonds is 5. The molecule has 0 atom stereocenters. The van der Waals surface area contributed by atoms with Gasteiger partial charge in [-0.15, -0.1) is 0 Å². The highest BCUT2D eigenvalue weighted by molar-refractivity contribution is 5.84. The largest absolute Gasteiger partial charge is 0.347 e. The summed E-state index contributed by atoms with van der Waals surface area (Å²) in [4.78, 5) is 25.2. The maximum atomic E-state index is 11.9. The Bertz CT molecular complexity index is 271. The first-order valence-corrected chi connectivity index (χ1v) is 6.85. The fraction of sp³-hybridized carbons (Fsp3) is 0.846. The summed E-state index contributed by atoms with van der Waals surface area (Å²) < 4.78 is 0. The van der Waals surface area contributed by atoms with E-state index in [-0.39, 0.29) is 18.4 Å². The monoisotopic (exact) mass is 255 g/mol. The topological polar surface area (TPSA) is 61.4 Å². The molecule has 1 aliphatic rings. The van der Waals surface area contributed by atoms with Crippen molar-refractivity contribution in [1.82, 2.24) is 15.5 Å². The van der Waals surface area contributed by atoms with E-state index >= 15 is 0 Å². The molecule has 1 rings (SSSR count). The van der Waals surface area contributed by atoms with Gasteiger partial charge in [0.2, 0.25) is 11.8 Å². The smallest absolute Gasteiger partial charge is 0.242 e. The van der Waals surface area contributed by atoms with Gasteiger partial charge >= 0.3 is 0 Å². The zero-order chi connectivity index (χ0) is 13.4. The van der Waals surface area contributed by atoms with Crippen molar-refractivity contribution in [1.29, 1.82) is 0 Å². The van der Waals surface area contributed by atoms with Gasteiger partial charge < -0.3 is 15.5 Å². The van der Waals surface area contributed by atoms with Crippen LogP contribution in [-0.2, 0) is 9.59 Å². The van der Waals surface area contributed by atoms with E-state index in [0.717, 1.165) is 39.0 Å². The molecule has 0 aliphatic carbocycles. The Labute approximate surface area is 109 Å². The average molecular weight is 255 g/mol. The standard InChI is InChI=1S/C13H25N3O2/c1-11(2)4-5-12(17)15-10-13(18)16-8-3-6-14-7-9-16/h11,14H,3-10H2,1-2H3,(H,15,17). The number of amides is 2. The predicted octanol–water partition coefficient (Wildman–Crippen LogP) is 0.361. The van der Waals surface area contributed by atoms with Crippen molar-refractivity contribution in [3.63, 3.8) is 0 Å². The first-order valence-electron chi connectivity index (χ1n) is 6.85. The third-order valence-electron chi connectivity index (χ3n) is 3.08. The highest BCUT2D eigenvalue weighted by Crippen LogP contribution is 2.02. The van der Waals surface area contributed by atoms with E-state index < -0.39 is 0 Å². The van der Waals surface area contributed by atoms with Crippen LogP contribution in [0.2, 0.25) is 0 Å². The van der Waals surface area contributed by atoms with E-state index in [4.69, 9.17) is 0 Å². The summed E-state index contributed by atoms with van der Waals surface area (Å²) in [5, 5.41) is 5.95. The van der Waals surface area contributed by atoms with Crippen LogP contribution in [0.25, 0.3) is 0 Å². The van der Waals surface area contributed by atoms with Gasteiger partial charge in [-0.3, -0.25) is 9.59 Å². The fourth-order valence-electron chi connectivity index (χ4n) is 1.89. The van der Waals surface area contributed by atoms with Crippen molar-refractivity contribution in [2.45, 2.75) is 33.1 Å². The van der Waals surface area contributed by atoms with Crippen LogP contribution in [0.1, 0.15) is 33.1 Å². The number of nitrogens with one attached hydrogen (secondary N) is 2. The second kappa shape index (κ2) is 8.08. The van der Waals surface area contributed by atoms with E-state index in [1.165, 1.54) is 0 Å². The van der Waals surface area contributed by atoms with Crippen LogP contribution in [0, 0.1) is 5.92 Å². The molecule has 2 N–H and O–H groups in total. The molecule has 0 bridgehead atoms. The fourth-order valence-corrected chi connectivity index (χ4v) is 1.89. The lowest BCUT2D eigenvalue weighted by Crippen LogP contribution is -2.41. The third-order valence-corrected chi connectivity index (χ3v) is 3.08. The normalized spacial score (nSPS) is 16.5. The minimum Gasteiger partial charge on any atom is -0.347 e. The summed E-state index contributed by atoms with van der Waals surface area (Å²) in [6.45, 7) is 7.63. The van der Waals surface area contributed by atoms with Gasteiger partial charge in [-0.25, -0.2) is 0 Å². The summed E-state index contributed by atoms with van der Waals surface area (Å²) >= 11 is 0. The molecule has 0 saturated carbocycles. The molecule has 5 nitrogen and oxygen atoms in total. The van der Waals surface area contributed by atoms with E-state index in [1.807, 2.05) is 4.90 Å². The molecule has 0 aromatic rings. The van der Waals surface area contributed by atoms with Crippen LogP contribution in [-0.4, -0.2) is 49.4 Å². The molecule has 2 amide bonds. The average Bonchev–Trinajstić information content (AvgIpc) is 2.62. The Morgan fingerprint density at radius 1 is 1.28 bits per heavy atom. The Morgan fingerprint density at radius 2 is 2.06 bits per heavy atom. The summed E-state index contributed by atoms with van der Waals surface area (Å²) in [7, 11) is 0. The summed E-state index contributed by atoms with van der Waals surface area (Å²) in [5.41, 5.74) is 0. The predicted molar refractivity (Wildman–Crippen MR) is 71.1 cm³/mol. The van der Waals surface area contributed by atoms with Crippen molar-refractivity contribution < 1.29 is 9.59 Å². The molecule has 1 heterocycles. The summed E-state index contributed by atoms with van der Waals surface area (Å²) in [5.74, 6) is 0.518. The van der Waals surface area contributed by atoms with Crippen LogP contribution in [0.4, 0.5) is 0 Å². The number of hydrogen-bond donors (Lipinski definition) is 2. The van der Waals surface area contributed by atoms with Gasteiger partial charge in [0.15, 0.2) is 0 Å². The molecule has 1 aliphatic heterocycles. The Morgan fingerprint density at radius 3 is 2.78 bits per heavy atom. The van der Waals surface area contributed by atoms with Crippen molar-refractivity contribution in [2.24, 2.45) is 5.92 Å². The second-order valence-corrected chi connectivity index (χ2v) is 5.19. The lowest BCUT2D eigenvalue weighted by atomic mass is 10.1. The maximum Gasteiger partial charge on any atom is 0.242 e. The Hall–Kier alpha value is -1.10. The van der Waals surface area contributed by atoms with Crippen LogP contribution in [0.15, 0.2) is 0 Å². The highest BCUT2D eigenvalue weighted by atomic mass is 16.2. The lowest BCUT2D eigenvalue weighted by Gasteiger charge is -2.20. The molecule has 5 heteroatoms. The second-order valence-electron chi connectivity index (χ2n) is 5.19. The number of nitrogens with zero attached hydrogens (tertiary/aromatic N) is 1. The zero-order valence-electron chi connectivity index (χ0n) is 11.5. The molecule has 18 heavy (non-hydrogen) atoms. The van der Waals surface area contributed by atoms with E-state index in [0.29, 0.717) is 12.3 Å². The Balaban J connectivity index is 2.20. The number of carbonyl (C=O) groups excluding carboxylic acids is 2. The van der Waals surface area contributed by atoms with Crippen LogP contribution in [0.3, 0.4) is 0 Å². The van der Waals surface area contributed by atoms with Gasteiger partial charge in [-0.1, -0.05) is 13.8 Å². The van der Waals surface area contributed by atoms with E-state index in [2.05, 4.69) is 24.5 Å². The number of carbonyl (C=O) groups is 2. The minimum atomic E-state index is -0.0232. The molecule has 0 unspecified atom stereocenters. The number of hydrogen-bond acceptors (Lipinski definition) is 3. The van der Waals surface area contributed by atoms with Crippen molar-refractivity contribution >= 4 is 11.8 Å². The van der Waals surface area contributed by atoms with Crippen molar-refractivity contribution in [2.75, 3.05) is 32.7 Å². The van der Waals surface area contributed by atoms with Crippen LogP contribution < -0.4 is 10.6 Å². The van der Waals surface area contributed by atoms with Crippen molar-refractivity contribution in [3.8, 4) is 0 Å². The molecular weight excluding hydrogens is 230 g/mol. The van der Waals surface area contributed by atoms with Crippen LogP contribution in [0.5, 0.6) is 0 Å². The maximum absolute atomic E-state index is 11.9. The molecule has 0 aromatic carbocycles. The molecular formula is C13H25N3O2. The first-order chi connectivity index (χ1) is 8.59. The first kappa shape index (κ1) is 15.0. The van der Waals surface area contributed by atoms with Gasteiger partial charge in [0.25, 0.3) is 0 Å². The molecule has 1 fully saturated rings.